The molecule has 1 N–H and O–H groups in total. The van der Waals surface area contributed by atoms with Crippen molar-refractivity contribution < 1.29 is 9.84 Å². The molecule has 0 aliphatic carbocycles. The van der Waals surface area contributed by atoms with Crippen LogP contribution in [0.5, 0.6) is 0 Å². The van der Waals surface area contributed by atoms with Crippen molar-refractivity contribution in [2.45, 2.75) is 18.9 Å². The highest BCUT2D eigenvalue weighted by molar-refractivity contribution is 5.18. The first-order valence-electron chi connectivity index (χ1n) is 4.91. The van der Waals surface area contributed by atoms with Crippen LogP contribution in [0.3, 0.4) is 0 Å². The molecule has 0 bridgehead atoms. The minimum Gasteiger partial charge on any atom is -0.495 e. The maximum Gasteiger partial charge on any atom is 0.121 e. The van der Waals surface area contributed by atoms with Gasteiger partial charge >= 0.3 is 0 Å². The van der Waals surface area contributed by atoms with Crippen LogP contribution < -0.4 is 0 Å². The fourth-order valence-corrected chi connectivity index (χ4v) is 1.61. The molecule has 1 aliphatic rings. The lowest BCUT2D eigenvalue weighted by molar-refractivity contribution is 0.118. The first-order chi connectivity index (χ1) is 6.86. The summed E-state index contributed by atoms with van der Waals surface area (Å²) in [5.74, 6) is 0.730. The molecule has 0 radical (unpaired) electrons. The molecule has 74 valence electrons. The smallest absolute Gasteiger partial charge is 0.121 e. The van der Waals surface area contributed by atoms with Crippen molar-refractivity contribution in [2.24, 2.45) is 0 Å². The molecule has 0 saturated carbocycles. The third-order valence-corrected chi connectivity index (χ3v) is 2.33. The molecule has 1 aromatic rings. The van der Waals surface area contributed by atoms with E-state index in [1.807, 2.05) is 36.4 Å². The van der Waals surface area contributed by atoms with E-state index in [4.69, 9.17) is 4.74 Å². The SMILES string of the molecule is OC(Cc1ccccc1)C1=CCCO1. The van der Waals surface area contributed by atoms with Crippen molar-refractivity contribution in [3.05, 3.63) is 47.7 Å². The molecule has 0 amide bonds. The summed E-state index contributed by atoms with van der Waals surface area (Å²) in [5, 5.41) is 9.81. The van der Waals surface area contributed by atoms with Crippen LogP contribution in [-0.4, -0.2) is 17.8 Å². The van der Waals surface area contributed by atoms with Crippen LogP contribution in [0, 0.1) is 0 Å². The predicted molar refractivity (Wildman–Crippen MR) is 54.8 cm³/mol. The van der Waals surface area contributed by atoms with E-state index in [1.165, 1.54) is 0 Å². The van der Waals surface area contributed by atoms with Gasteiger partial charge in [0.05, 0.1) is 6.61 Å². The highest BCUT2D eigenvalue weighted by atomic mass is 16.5. The Balaban J connectivity index is 1.97. The first kappa shape index (κ1) is 9.28. The van der Waals surface area contributed by atoms with Crippen LogP contribution in [0.1, 0.15) is 12.0 Å². The molecule has 2 rings (SSSR count). The van der Waals surface area contributed by atoms with Crippen LogP contribution in [0.25, 0.3) is 0 Å². The van der Waals surface area contributed by atoms with Gasteiger partial charge in [-0.1, -0.05) is 30.3 Å². The quantitative estimate of drug-likeness (QED) is 0.788. The second-order valence-electron chi connectivity index (χ2n) is 3.45. The number of rotatable bonds is 3. The maximum atomic E-state index is 9.81. The molecule has 1 heterocycles. The van der Waals surface area contributed by atoms with Gasteiger partial charge in [-0.25, -0.2) is 0 Å². The van der Waals surface area contributed by atoms with Gasteiger partial charge in [-0.3, -0.25) is 0 Å². The van der Waals surface area contributed by atoms with Crippen LogP contribution in [0.15, 0.2) is 42.2 Å². The molecule has 1 unspecified atom stereocenters. The second kappa shape index (κ2) is 4.29. The van der Waals surface area contributed by atoms with E-state index in [2.05, 4.69) is 0 Å². The molecule has 0 aromatic heterocycles. The summed E-state index contributed by atoms with van der Waals surface area (Å²) in [4.78, 5) is 0. The first-order valence-corrected chi connectivity index (χ1v) is 4.91. The van der Waals surface area contributed by atoms with E-state index >= 15 is 0 Å². The van der Waals surface area contributed by atoms with Gasteiger partial charge in [-0.2, -0.15) is 0 Å². The van der Waals surface area contributed by atoms with Gasteiger partial charge in [0.15, 0.2) is 0 Å². The highest BCUT2D eigenvalue weighted by Gasteiger charge is 2.15. The largest absolute Gasteiger partial charge is 0.495 e. The Kier molecular flexibility index (Phi) is 2.84. The molecule has 1 atom stereocenters. The van der Waals surface area contributed by atoms with E-state index in [1.54, 1.807) is 0 Å². The van der Waals surface area contributed by atoms with E-state index in [0.717, 1.165) is 17.7 Å². The van der Waals surface area contributed by atoms with Gasteiger partial charge in [-0.15, -0.1) is 0 Å². The van der Waals surface area contributed by atoms with E-state index in [9.17, 15) is 5.11 Å². The average Bonchev–Trinajstić information content (AvgIpc) is 2.72. The molecule has 1 aliphatic heterocycles. The standard InChI is InChI=1S/C12H14O2/c13-11(12-7-4-8-14-12)9-10-5-2-1-3-6-10/h1-3,5-7,11,13H,4,8-9H2. The summed E-state index contributed by atoms with van der Waals surface area (Å²) in [6.07, 6.45) is 3.03. The molecule has 2 nitrogen and oxygen atoms in total. The topological polar surface area (TPSA) is 29.5 Å². The zero-order valence-electron chi connectivity index (χ0n) is 8.02. The number of benzene rings is 1. The van der Waals surface area contributed by atoms with Crippen molar-refractivity contribution in [2.75, 3.05) is 6.61 Å². The minimum absolute atomic E-state index is 0.486. The lowest BCUT2D eigenvalue weighted by Crippen LogP contribution is -2.14. The average molecular weight is 190 g/mol. The van der Waals surface area contributed by atoms with Crippen LogP contribution >= 0.6 is 0 Å². The lowest BCUT2D eigenvalue weighted by atomic mass is 10.1. The van der Waals surface area contributed by atoms with Gasteiger partial charge in [0, 0.05) is 12.8 Å². The second-order valence-corrected chi connectivity index (χ2v) is 3.45. The van der Waals surface area contributed by atoms with Gasteiger partial charge in [0.1, 0.15) is 11.9 Å². The zero-order chi connectivity index (χ0) is 9.80. The summed E-state index contributed by atoms with van der Waals surface area (Å²) in [6.45, 7) is 0.710. The Morgan fingerprint density at radius 3 is 2.71 bits per heavy atom. The van der Waals surface area contributed by atoms with Crippen LogP contribution in [0.4, 0.5) is 0 Å². The summed E-state index contributed by atoms with van der Waals surface area (Å²) < 4.78 is 5.30. The van der Waals surface area contributed by atoms with E-state index in [-0.39, 0.29) is 0 Å². The van der Waals surface area contributed by atoms with Crippen molar-refractivity contribution in [1.29, 1.82) is 0 Å². The molecule has 14 heavy (non-hydrogen) atoms. The maximum absolute atomic E-state index is 9.81. The zero-order valence-corrected chi connectivity index (χ0v) is 8.02. The van der Waals surface area contributed by atoms with Crippen LogP contribution in [-0.2, 0) is 11.2 Å². The molecule has 0 fully saturated rings. The van der Waals surface area contributed by atoms with Gasteiger partial charge in [-0.05, 0) is 11.6 Å². The van der Waals surface area contributed by atoms with E-state index in [0.29, 0.717) is 13.0 Å². The fourth-order valence-electron chi connectivity index (χ4n) is 1.61. The van der Waals surface area contributed by atoms with Crippen molar-refractivity contribution in [3.8, 4) is 0 Å². The Morgan fingerprint density at radius 2 is 2.07 bits per heavy atom. The minimum atomic E-state index is -0.486. The molecule has 1 aromatic carbocycles. The fraction of sp³-hybridized carbons (Fsp3) is 0.333. The lowest BCUT2D eigenvalue weighted by Gasteiger charge is -2.11. The molecular formula is C12H14O2. The van der Waals surface area contributed by atoms with Crippen molar-refractivity contribution in [3.63, 3.8) is 0 Å². The summed E-state index contributed by atoms with van der Waals surface area (Å²) in [6, 6.07) is 9.95. The Hall–Kier alpha value is -1.28. The molecular weight excluding hydrogens is 176 g/mol. The highest BCUT2D eigenvalue weighted by Crippen LogP contribution is 2.16. The number of aliphatic hydroxyl groups excluding tert-OH is 1. The molecule has 2 heteroatoms. The van der Waals surface area contributed by atoms with Crippen LogP contribution in [0.2, 0.25) is 0 Å². The van der Waals surface area contributed by atoms with Gasteiger partial charge < -0.3 is 9.84 Å². The normalized spacial score (nSPS) is 17.4. The monoisotopic (exact) mass is 190 g/mol. The third kappa shape index (κ3) is 2.15. The summed E-state index contributed by atoms with van der Waals surface area (Å²) in [7, 11) is 0. The van der Waals surface area contributed by atoms with Crippen molar-refractivity contribution >= 4 is 0 Å². The number of aliphatic hydroxyl groups is 1. The number of hydrogen-bond donors (Lipinski definition) is 1. The van der Waals surface area contributed by atoms with Gasteiger partial charge in [0.25, 0.3) is 0 Å². The van der Waals surface area contributed by atoms with Gasteiger partial charge in [0.2, 0.25) is 0 Å². The molecule has 0 saturated heterocycles. The Labute approximate surface area is 83.8 Å². The Morgan fingerprint density at radius 1 is 1.29 bits per heavy atom. The Bertz CT molecular complexity index is 316. The predicted octanol–water partition coefficient (Wildman–Crippen LogP) is 1.89. The summed E-state index contributed by atoms with van der Waals surface area (Å²) in [5.41, 5.74) is 1.14. The molecule has 0 spiro atoms. The van der Waals surface area contributed by atoms with Crippen molar-refractivity contribution in [1.82, 2.24) is 0 Å². The third-order valence-electron chi connectivity index (χ3n) is 2.33. The number of ether oxygens (including phenoxy) is 1. The van der Waals surface area contributed by atoms with E-state index < -0.39 is 6.10 Å². The number of hydrogen-bond acceptors (Lipinski definition) is 2. The summed E-state index contributed by atoms with van der Waals surface area (Å²) >= 11 is 0.